The van der Waals surface area contributed by atoms with Gasteiger partial charge >= 0.3 is 0 Å². The molecule has 5 nitrogen and oxygen atoms in total. The fourth-order valence-corrected chi connectivity index (χ4v) is 5.54. The summed E-state index contributed by atoms with van der Waals surface area (Å²) in [7, 11) is 0. The summed E-state index contributed by atoms with van der Waals surface area (Å²) in [5.41, 5.74) is 5.90. The number of nitrogens with zero attached hydrogens (tertiary/aromatic N) is 2. The fourth-order valence-electron chi connectivity index (χ4n) is 5.54. The minimum Gasteiger partial charge on any atom is -0.512 e. The second kappa shape index (κ2) is 12.2. The number of aliphatic hydroxyl groups excluding tert-OH is 1. The molecule has 0 saturated carbocycles. The van der Waals surface area contributed by atoms with Crippen molar-refractivity contribution in [1.82, 2.24) is 9.97 Å². The molecule has 1 aliphatic rings. The molecule has 3 aromatic carbocycles. The first-order valence-electron chi connectivity index (χ1n) is 13.6. The van der Waals surface area contributed by atoms with Gasteiger partial charge in [-0.3, -0.25) is 9.78 Å². The third-order valence-corrected chi connectivity index (χ3v) is 7.76. The average molecular weight is 698 g/mol. The Morgan fingerprint density at radius 2 is 1.64 bits per heavy atom. The summed E-state index contributed by atoms with van der Waals surface area (Å²) in [6.07, 6.45) is 8.39. The Bertz CT molecular complexity index is 1640. The van der Waals surface area contributed by atoms with Gasteiger partial charge in [0.1, 0.15) is 17.5 Å². The Hall–Kier alpha value is -3.34. The maximum atomic E-state index is 11.7. The van der Waals surface area contributed by atoms with Crippen LogP contribution in [-0.4, -0.2) is 20.9 Å². The van der Waals surface area contributed by atoms with Gasteiger partial charge in [0.05, 0.1) is 5.76 Å². The monoisotopic (exact) mass is 698 g/mol. The Labute approximate surface area is 242 Å². The molecule has 1 N–H and O–H groups in total. The molecule has 6 rings (SSSR count). The van der Waals surface area contributed by atoms with Gasteiger partial charge < -0.3 is 9.52 Å². The molecule has 0 unspecified atom stereocenters. The number of ketones is 1. The first kappa shape index (κ1) is 28.7. The number of benzene rings is 3. The van der Waals surface area contributed by atoms with Crippen molar-refractivity contribution in [3.63, 3.8) is 0 Å². The van der Waals surface area contributed by atoms with Gasteiger partial charge in [-0.2, -0.15) is 0 Å². The standard InChI is InChI=1S/C20H9N2O.C13H24O2.Ir/c1-3-11-7-8-16-19-17(11)13(5-1)20-14(9-21-10-22-20)12-4-2-6-15(23-16)18(12)19;1-5-10(6-2)12(14)9-13(15)11(7-3)8-4;/h1-4,6-10H;9-11,14H,5-8H2,1-4H3;/q-1;;/b;12-9-;. The zero-order chi connectivity index (χ0) is 26.8. The number of aliphatic hydroxyl groups is 1. The smallest absolute Gasteiger partial charge is 0.162 e. The van der Waals surface area contributed by atoms with E-state index in [1.807, 2.05) is 58.2 Å². The summed E-state index contributed by atoms with van der Waals surface area (Å²) in [6, 6.07) is 17.7. The number of hydrogen-bond donors (Lipinski definition) is 1. The summed E-state index contributed by atoms with van der Waals surface area (Å²) in [5.74, 6) is 0.547. The van der Waals surface area contributed by atoms with Crippen LogP contribution in [0, 0.1) is 17.9 Å². The van der Waals surface area contributed by atoms with Crippen molar-refractivity contribution in [2.24, 2.45) is 11.8 Å². The first-order chi connectivity index (χ1) is 18.5. The summed E-state index contributed by atoms with van der Waals surface area (Å²) in [4.78, 5) is 20.5. The normalized spacial score (nSPS) is 12.1. The largest absolute Gasteiger partial charge is 0.512 e. The molecule has 0 bridgehead atoms. The molecular formula is C33H33IrN2O3-. The first-order valence-corrected chi connectivity index (χ1v) is 13.6. The maximum Gasteiger partial charge on any atom is 0.162 e. The van der Waals surface area contributed by atoms with E-state index < -0.39 is 0 Å². The molecule has 2 heterocycles. The van der Waals surface area contributed by atoms with E-state index in [9.17, 15) is 9.90 Å². The number of furan rings is 1. The van der Waals surface area contributed by atoms with Crippen molar-refractivity contribution in [1.29, 1.82) is 0 Å². The van der Waals surface area contributed by atoms with E-state index >= 15 is 0 Å². The predicted molar refractivity (Wildman–Crippen MR) is 154 cm³/mol. The van der Waals surface area contributed by atoms with Crippen molar-refractivity contribution < 1.29 is 34.4 Å². The van der Waals surface area contributed by atoms with Crippen LogP contribution in [0.4, 0.5) is 0 Å². The van der Waals surface area contributed by atoms with Crippen LogP contribution in [0.2, 0.25) is 0 Å². The zero-order valence-corrected chi connectivity index (χ0v) is 25.1. The van der Waals surface area contributed by atoms with Crippen LogP contribution in [0.5, 0.6) is 0 Å². The van der Waals surface area contributed by atoms with E-state index in [1.54, 1.807) is 6.33 Å². The Kier molecular flexibility index (Phi) is 8.99. The number of hydrogen-bond acceptors (Lipinski definition) is 5. The molecule has 0 fully saturated rings. The summed E-state index contributed by atoms with van der Waals surface area (Å²) in [6.45, 7) is 8.07. The molecule has 0 amide bonds. The van der Waals surface area contributed by atoms with Crippen LogP contribution in [0.15, 0.2) is 71.2 Å². The number of aromatic nitrogens is 2. The summed E-state index contributed by atoms with van der Waals surface area (Å²) < 4.78 is 6.09. The van der Waals surface area contributed by atoms with Gasteiger partial charge in [-0.25, -0.2) is 4.98 Å². The van der Waals surface area contributed by atoms with Crippen LogP contribution in [0.25, 0.3) is 55.1 Å². The number of fused-ring (bicyclic) bond motifs is 3. The molecular weight excluding hydrogens is 665 g/mol. The molecule has 203 valence electrons. The molecule has 0 spiro atoms. The van der Waals surface area contributed by atoms with Crippen molar-refractivity contribution >= 4 is 38.5 Å². The molecule has 0 aliphatic heterocycles. The van der Waals surface area contributed by atoms with Gasteiger partial charge in [0.25, 0.3) is 0 Å². The molecule has 0 saturated heterocycles. The zero-order valence-electron chi connectivity index (χ0n) is 22.7. The minimum atomic E-state index is 0. The predicted octanol–water partition coefficient (Wildman–Crippen LogP) is 8.84. The number of carbonyl (C=O) groups excluding carboxylic acids is 1. The summed E-state index contributed by atoms with van der Waals surface area (Å²) >= 11 is 0. The van der Waals surface area contributed by atoms with Crippen LogP contribution >= 0.6 is 0 Å². The van der Waals surface area contributed by atoms with Gasteiger partial charge in [-0.15, -0.1) is 29.1 Å². The minimum absolute atomic E-state index is 0. The van der Waals surface area contributed by atoms with Gasteiger partial charge in [-0.1, -0.05) is 51.3 Å². The van der Waals surface area contributed by atoms with E-state index in [0.717, 1.165) is 75.4 Å². The Morgan fingerprint density at radius 3 is 2.36 bits per heavy atom. The van der Waals surface area contributed by atoms with Gasteiger partial charge in [-0.05, 0) is 60.0 Å². The van der Waals surface area contributed by atoms with E-state index in [4.69, 9.17) is 4.42 Å². The van der Waals surface area contributed by atoms with E-state index in [-0.39, 0.29) is 43.5 Å². The van der Waals surface area contributed by atoms with Crippen LogP contribution in [-0.2, 0) is 24.9 Å². The second-order valence-electron chi connectivity index (χ2n) is 9.82. The summed E-state index contributed by atoms with van der Waals surface area (Å²) in [5, 5.41) is 14.4. The van der Waals surface area contributed by atoms with Gasteiger partial charge in [0.2, 0.25) is 0 Å². The van der Waals surface area contributed by atoms with E-state index in [2.05, 4.69) is 34.2 Å². The molecule has 1 radical (unpaired) electrons. The second-order valence-corrected chi connectivity index (χ2v) is 9.82. The number of rotatable bonds is 7. The molecule has 39 heavy (non-hydrogen) atoms. The fraction of sp³-hybridized carbons (Fsp3) is 0.303. The van der Waals surface area contributed by atoms with E-state index in [0.29, 0.717) is 0 Å². The topological polar surface area (TPSA) is 76.2 Å². The van der Waals surface area contributed by atoms with Gasteiger partial charge in [0.15, 0.2) is 5.78 Å². The molecule has 0 atom stereocenters. The van der Waals surface area contributed by atoms with Crippen molar-refractivity contribution in [2.45, 2.75) is 53.4 Å². The van der Waals surface area contributed by atoms with Crippen LogP contribution in [0.1, 0.15) is 53.4 Å². The molecule has 2 aromatic heterocycles. The van der Waals surface area contributed by atoms with Crippen LogP contribution < -0.4 is 0 Å². The van der Waals surface area contributed by atoms with Crippen molar-refractivity contribution in [2.75, 3.05) is 0 Å². The SMILES string of the molecule is CCC(CC)C(=O)/C=C(\O)C(CC)CC.[Ir].[c-]1ccc2ccc3oc4cccc5c4c3c2c1-c1ncncc1-5. The molecule has 6 heteroatoms. The van der Waals surface area contributed by atoms with Crippen molar-refractivity contribution in [3.05, 3.63) is 72.9 Å². The molecule has 5 aromatic rings. The quantitative estimate of drug-likeness (QED) is 0.103. The average Bonchev–Trinajstić information content (AvgIpc) is 3.27. The third-order valence-electron chi connectivity index (χ3n) is 7.76. The third kappa shape index (κ3) is 5.16. The van der Waals surface area contributed by atoms with Gasteiger partial charge in [0, 0.05) is 49.6 Å². The van der Waals surface area contributed by atoms with Crippen molar-refractivity contribution in [3.8, 4) is 22.4 Å². The Balaban J connectivity index is 0.000000196. The van der Waals surface area contributed by atoms with E-state index in [1.165, 1.54) is 11.5 Å². The number of allylic oxidation sites excluding steroid dienone is 2. The Morgan fingerprint density at radius 1 is 0.923 bits per heavy atom. The number of carbonyl (C=O) groups is 1. The molecule has 1 aliphatic carbocycles. The maximum absolute atomic E-state index is 11.7. The van der Waals surface area contributed by atoms with Crippen LogP contribution in [0.3, 0.4) is 0 Å².